The van der Waals surface area contributed by atoms with Gasteiger partial charge in [0.2, 0.25) is 0 Å². The summed E-state index contributed by atoms with van der Waals surface area (Å²) in [7, 11) is 0. The molecule has 82 valence electrons. The van der Waals surface area contributed by atoms with Crippen molar-refractivity contribution >= 4 is 0 Å². The van der Waals surface area contributed by atoms with E-state index in [9.17, 15) is 0 Å². The van der Waals surface area contributed by atoms with Gasteiger partial charge in [0.05, 0.1) is 12.1 Å². The lowest BCUT2D eigenvalue weighted by atomic mass is 9.88. The standard InChI is InChI=1S/C11H10N2O3/c12-2-6-4-1-5-7(3-13)15-11-9(5)8(4)10(14-6)16-11/h4-11H,1H2/t4?,5?,6-,7+,8?,9?,10?,11?. The first kappa shape index (κ1) is 8.95. The first-order valence-electron chi connectivity index (χ1n) is 5.59. The molecule has 0 bridgehead atoms. The van der Waals surface area contributed by atoms with Crippen LogP contribution in [0.2, 0.25) is 0 Å². The average Bonchev–Trinajstić information content (AvgIpc) is 2.95. The van der Waals surface area contributed by atoms with Gasteiger partial charge in [-0.2, -0.15) is 10.5 Å². The Kier molecular flexibility index (Phi) is 1.54. The minimum Gasteiger partial charge on any atom is -0.334 e. The summed E-state index contributed by atoms with van der Waals surface area (Å²) < 4.78 is 16.7. The van der Waals surface area contributed by atoms with E-state index in [4.69, 9.17) is 24.7 Å². The molecule has 3 saturated heterocycles. The Morgan fingerprint density at radius 2 is 1.31 bits per heavy atom. The second-order valence-electron chi connectivity index (χ2n) is 4.96. The fourth-order valence-corrected chi connectivity index (χ4v) is 3.92. The van der Waals surface area contributed by atoms with E-state index in [0.717, 1.165) is 6.42 Å². The van der Waals surface area contributed by atoms with E-state index in [2.05, 4.69) is 12.1 Å². The highest BCUT2D eigenvalue weighted by molar-refractivity contribution is 5.15. The van der Waals surface area contributed by atoms with Gasteiger partial charge in [-0.3, -0.25) is 0 Å². The molecule has 8 atom stereocenters. The molecule has 0 aromatic rings. The molecule has 5 nitrogen and oxygen atoms in total. The van der Waals surface area contributed by atoms with Gasteiger partial charge in [0, 0.05) is 23.7 Å². The van der Waals surface area contributed by atoms with Gasteiger partial charge in [-0.15, -0.1) is 0 Å². The summed E-state index contributed by atoms with van der Waals surface area (Å²) >= 11 is 0. The van der Waals surface area contributed by atoms with E-state index in [1.807, 2.05) is 0 Å². The van der Waals surface area contributed by atoms with Gasteiger partial charge in [0.25, 0.3) is 0 Å². The predicted octanol–water partition coefficient (Wildman–Crippen LogP) is 0.382. The molecule has 0 aromatic heterocycles. The molecular weight excluding hydrogens is 208 g/mol. The Bertz CT molecular complexity index is 388. The van der Waals surface area contributed by atoms with Crippen LogP contribution >= 0.6 is 0 Å². The van der Waals surface area contributed by atoms with E-state index in [0.29, 0.717) is 0 Å². The van der Waals surface area contributed by atoms with Gasteiger partial charge in [0.15, 0.2) is 12.6 Å². The predicted molar refractivity (Wildman–Crippen MR) is 48.2 cm³/mol. The number of nitrogens with zero attached hydrogens (tertiary/aromatic N) is 2. The van der Waals surface area contributed by atoms with Crippen LogP contribution in [0.25, 0.3) is 0 Å². The molecule has 3 aliphatic heterocycles. The van der Waals surface area contributed by atoms with Crippen LogP contribution in [-0.4, -0.2) is 24.8 Å². The van der Waals surface area contributed by atoms with Crippen molar-refractivity contribution < 1.29 is 14.2 Å². The summed E-state index contributed by atoms with van der Waals surface area (Å²) in [6.45, 7) is 0. The smallest absolute Gasteiger partial charge is 0.166 e. The van der Waals surface area contributed by atoms with E-state index in [-0.39, 0.29) is 48.5 Å². The Morgan fingerprint density at radius 1 is 0.812 bits per heavy atom. The van der Waals surface area contributed by atoms with E-state index >= 15 is 0 Å². The topological polar surface area (TPSA) is 75.3 Å². The molecular formula is C11H10N2O3. The lowest BCUT2D eigenvalue weighted by molar-refractivity contribution is -0.203. The molecule has 4 aliphatic rings. The van der Waals surface area contributed by atoms with Crippen molar-refractivity contribution in [3.8, 4) is 12.1 Å². The van der Waals surface area contributed by atoms with Crippen LogP contribution in [0.3, 0.4) is 0 Å². The van der Waals surface area contributed by atoms with Gasteiger partial charge in [0.1, 0.15) is 12.2 Å². The highest BCUT2D eigenvalue weighted by atomic mass is 16.8. The molecule has 4 fully saturated rings. The average molecular weight is 218 g/mol. The summed E-state index contributed by atoms with van der Waals surface area (Å²) in [5.74, 6) is 0.987. The second-order valence-corrected chi connectivity index (χ2v) is 4.96. The molecule has 6 unspecified atom stereocenters. The van der Waals surface area contributed by atoms with Crippen molar-refractivity contribution in [1.82, 2.24) is 0 Å². The Morgan fingerprint density at radius 3 is 1.75 bits per heavy atom. The Balaban J connectivity index is 1.73. The SMILES string of the molecule is N#C[C@@H]1OC2OC3O[C@H](C#N)C4CC1C2C34. The zero-order valence-corrected chi connectivity index (χ0v) is 8.45. The molecule has 0 N–H and O–H groups in total. The van der Waals surface area contributed by atoms with Crippen molar-refractivity contribution in [3.05, 3.63) is 0 Å². The van der Waals surface area contributed by atoms with Gasteiger partial charge in [-0.05, 0) is 6.42 Å². The van der Waals surface area contributed by atoms with Crippen LogP contribution in [0.4, 0.5) is 0 Å². The first-order valence-corrected chi connectivity index (χ1v) is 5.59. The lowest BCUT2D eigenvalue weighted by Gasteiger charge is -2.15. The highest BCUT2D eigenvalue weighted by Crippen LogP contribution is 2.61. The summed E-state index contributed by atoms with van der Waals surface area (Å²) in [5, 5.41) is 18.0. The summed E-state index contributed by atoms with van der Waals surface area (Å²) in [4.78, 5) is 0. The maximum absolute atomic E-state index is 9.01. The molecule has 16 heavy (non-hydrogen) atoms. The Hall–Kier alpha value is -1.14. The van der Waals surface area contributed by atoms with Gasteiger partial charge in [-0.25, -0.2) is 0 Å². The third-order valence-corrected chi connectivity index (χ3v) is 4.47. The number of ether oxygens (including phenoxy) is 3. The van der Waals surface area contributed by atoms with E-state index in [1.54, 1.807) is 0 Å². The van der Waals surface area contributed by atoms with E-state index < -0.39 is 0 Å². The molecule has 0 amide bonds. The third kappa shape index (κ3) is 0.824. The fraction of sp³-hybridized carbons (Fsp3) is 0.818. The van der Waals surface area contributed by atoms with Crippen molar-refractivity contribution in [1.29, 1.82) is 10.5 Å². The van der Waals surface area contributed by atoms with Crippen LogP contribution in [0.5, 0.6) is 0 Å². The fourth-order valence-electron chi connectivity index (χ4n) is 3.92. The van der Waals surface area contributed by atoms with Gasteiger partial charge >= 0.3 is 0 Å². The molecule has 3 heterocycles. The molecule has 5 heteroatoms. The van der Waals surface area contributed by atoms with Gasteiger partial charge in [-0.1, -0.05) is 0 Å². The van der Waals surface area contributed by atoms with Crippen molar-refractivity contribution in [2.75, 3.05) is 0 Å². The zero-order valence-electron chi connectivity index (χ0n) is 8.45. The van der Waals surface area contributed by atoms with Crippen LogP contribution in [0, 0.1) is 46.3 Å². The van der Waals surface area contributed by atoms with Crippen LogP contribution < -0.4 is 0 Å². The third-order valence-electron chi connectivity index (χ3n) is 4.47. The first-order chi connectivity index (χ1) is 7.83. The minimum atomic E-state index is -0.360. The van der Waals surface area contributed by atoms with Crippen molar-refractivity contribution in [3.63, 3.8) is 0 Å². The van der Waals surface area contributed by atoms with Gasteiger partial charge < -0.3 is 14.2 Å². The quantitative estimate of drug-likeness (QED) is 0.587. The summed E-state index contributed by atoms with van der Waals surface area (Å²) in [6, 6.07) is 4.37. The molecule has 0 spiro atoms. The molecule has 4 rings (SSSR count). The number of rotatable bonds is 0. The summed E-state index contributed by atoms with van der Waals surface area (Å²) in [6.07, 6.45) is -0.423. The van der Waals surface area contributed by atoms with Crippen molar-refractivity contribution in [2.24, 2.45) is 23.7 Å². The number of nitriles is 2. The zero-order chi connectivity index (χ0) is 10.9. The van der Waals surface area contributed by atoms with Crippen LogP contribution in [-0.2, 0) is 14.2 Å². The highest BCUT2D eigenvalue weighted by Gasteiger charge is 2.68. The van der Waals surface area contributed by atoms with Crippen molar-refractivity contribution in [2.45, 2.75) is 31.2 Å². The monoisotopic (exact) mass is 218 g/mol. The molecule has 0 radical (unpaired) electrons. The summed E-state index contributed by atoms with van der Waals surface area (Å²) in [5.41, 5.74) is 0. The number of hydrogen-bond donors (Lipinski definition) is 0. The maximum Gasteiger partial charge on any atom is 0.166 e. The van der Waals surface area contributed by atoms with Crippen LogP contribution in [0.1, 0.15) is 6.42 Å². The molecule has 1 saturated carbocycles. The van der Waals surface area contributed by atoms with Crippen LogP contribution in [0.15, 0.2) is 0 Å². The maximum atomic E-state index is 9.01. The Labute approximate surface area is 92.5 Å². The second kappa shape index (κ2) is 2.75. The lowest BCUT2D eigenvalue weighted by Crippen LogP contribution is -2.22. The number of hydrogen-bond acceptors (Lipinski definition) is 5. The normalized spacial score (nSPS) is 60.6. The molecule has 0 aromatic carbocycles. The minimum absolute atomic E-state index is 0.231. The molecule has 1 aliphatic carbocycles. The van der Waals surface area contributed by atoms with E-state index in [1.165, 1.54) is 0 Å². The largest absolute Gasteiger partial charge is 0.334 e.